The van der Waals surface area contributed by atoms with E-state index in [9.17, 15) is 10.5 Å². The monoisotopic (exact) mass is 610 g/mol. The molecule has 0 amide bonds. The van der Waals surface area contributed by atoms with Crippen molar-refractivity contribution in [2.24, 2.45) is 0 Å². The molecule has 0 spiro atoms. The van der Waals surface area contributed by atoms with Crippen molar-refractivity contribution in [1.82, 2.24) is 9.13 Å². The van der Waals surface area contributed by atoms with Gasteiger partial charge in [0.25, 0.3) is 0 Å². The van der Waals surface area contributed by atoms with Gasteiger partial charge in [-0.2, -0.15) is 10.5 Å². The third-order valence-corrected chi connectivity index (χ3v) is 9.36. The van der Waals surface area contributed by atoms with Crippen LogP contribution >= 0.6 is 0 Å². The van der Waals surface area contributed by atoms with E-state index in [2.05, 4.69) is 143 Å². The fourth-order valence-corrected chi connectivity index (χ4v) is 7.20. The van der Waals surface area contributed by atoms with Crippen LogP contribution in [0, 0.1) is 22.7 Å². The topological polar surface area (TPSA) is 57.4 Å². The van der Waals surface area contributed by atoms with Crippen LogP contribution in [0.5, 0.6) is 0 Å². The molecule has 0 radical (unpaired) electrons. The van der Waals surface area contributed by atoms with Crippen LogP contribution in [0.3, 0.4) is 0 Å². The van der Waals surface area contributed by atoms with Gasteiger partial charge in [-0.3, -0.25) is 0 Å². The van der Waals surface area contributed by atoms with Crippen molar-refractivity contribution in [3.05, 3.63) is 169 Å². The maximum absolute atomic E-state index is 10.3. The van der Waals surface area contributed by atoms with Gasteiger partial charge in [0, 0.05) is 27.2 Å². The SMILES string of the molecule is N#Cc1ccc2c(c1)c1ccccc1n2-c1cc(-c2ccccc2)cc(-c2ccc(C#N)c(-n3c4ccccc4c4ccccc43)c2)c1. The van der Waals surface area contributed by atoms with Gasteiger partial charge in [-0.05, 0) is 89.0 Å². The molecule has 0 saturated heterocycles. The molecule has 48 heavy (non-hydrogen) atoms. The van der Waals surface area contributed by atoms with E-state index in [1.54, 1.807) is 0 Å². The van der Waals surface area contributed by atoms with E-state index in [-0.39, 0.29) is 0 Å². The summed E-state index contributed by atoms with van der Waals surface area (Å²) in [6.45, 7) is 0. The Morgan fingerprint density at radius 3 is 1.58 bits per heavy atom. The number of rotatable bonds is 4. The second-order valence-corrected chi connectivity index (χ2v) is 12.0. The van der Waals surface area contributed by atoms with Gasteiger partial charge in [0.1, 0.15) is 6.07 Å². The van der Waals surface area contributed by atoms with E-state index in [1.165, 1.54) is 0 Å². The van der Waals surface area contributed by atoms with Crippen molar-refractivity contribution < 1.29 is 0 Å². The second-order valence-electron chi connectivity index (χ2n) is 12.0. The van der Waals surface area contributed by atoms with Gasteiger partial charge < -0.3 is 9.13 Å². The van der Waals surface area contributed by atoms with Gasteiger partial charge in [-0.1, -0.05) is 91.0 Å². The summed E-state index contributed by atoms with van der Waals surface area (Å²) in [7, 11) is 0. The number of para-hydroxylation sites is 3. The number of aromatic nitrogens is 2. The Labute approximate surface area is 277 Å². The summed E-state index contributed by atoms with van der Waals surface area (Å²) >= 11 is 0. The van der Waals surface area contributed by atoms with Crippen LogP contribution in [0.25, 0.3) is 77.2 Å². The minimum absolute atomic E-state index is 0.611. The van der Waals surface area contributed by atoms with Gasteiger partial charge in [0.05, 0.1) is 45.0 Å². The van der Waals surface area contributed by atoms with E-state index >= 15 is 0 Å². The number of hydrogen-bond acceptors (Lipinski definition) is 2. The zero-order valence-electron chi connectivity index (χ0n) is 25.8. The first-order valence-electron chi connectivity index (χ1n) is 15.9. The number of nitrogens with zero attached hydrogens (tertiary/aromatic N) is 4. The van der Waals surface area contributed by atoms with Crippen molar-refractivity contribution in [2.45, 2.75) is 0 Å². The summed E-state index contributed by atoms with van der Waals surface area (Å²) in [5.41, 5.74) is 11.6. The maximum atomic E-state index is 10.3. The molecule has 0 unspecified atom stereocenters. The largest absolute Gasteiger partial charge is 0.309 e. The number of nitriles is 2. The minimum Gasteiger partial charge on any atom is -0.309 e. The molecule has 9 aromatic rings. The Balaban J connectivity index is 1.33. The van der Waals surface area contributed by atoms with Crippen molar-refractivity contribution in [2.75, 3.05) is 0 Å². The molecule has 0 atom stereocenters. The predicted octanol–water partition coefficient (Wildman–Crippen LogP) is 11.0. The molecule has 0 bridgehead atoms. The Hall–Kier alpha value is -6.88. The average molecular weight is 611 g/mol. The van der Waals surface area contributed by atoms with Crippen LogP contribution in [0.4, 0.5) is 0 Å². The summed E-state index contributed by atoms with van der Waals surface area (Å²) in [5, 5.41) is 24.5. The molecule has 9 rings (SSSR count). The van der Waals surface area contributed by atoms with Gasteiger partial charge in [0.15, 0.2) is 0 Å². The molecule has 0 saturated carbocycles. The smallest absolute Gasteiger partial charge is 0.101 e. The summed E-state index contributed by atoms with van der Waals surface area (Å²) in [4.78, 5) is 0. The molecule has 0 fully saturated rings. The second kappa shape index (κ2) is 10.9. The predicted molar refractivity (Wildman–Crippen MR) is 195 cm³/mol. The normalized spacial score (nSPS) is 11.3. The molecule has 4 nitrogen and oxygen atoms in total. The van der Waals surface area contributed by atoms with Gasteiger partial charge >= 0.3 is 0 Å². The molecule has 4 heteroatoms. The van der Waals surface area contributed by atoms with Gasteiger partial charge in [-0.25, -0.2) is 0 Å². The first-order valence-corrected chi connectivity index (χ1v) is 15.9. The van der Waals surface area contributed by atoms with E-state index in [0.29, 0.717) is 11.1 Å². The average Bonchev–Trinajstić information content (AvgIpc) is 3.67. The highest BCUT2D eigenvalue weighted by Crippen LogP contribution is 2.38. The van der Waals surface area contributed by atoms with E-state index in [4.69, 9.17) is 0 Å². The van der Waals surface area contributed by atoms with Crippen LogP contribution in [-0.2, 0) is 0 Å². The Bertz CT molecular complexity index is 2750. The highest BCUT2D eigenvalue weighted by atomic mass is 15.0. The van der Waals surface area contributed by atoms with Gasteiger partial charge in [-0.15, -0.1) is 0 Å². The maximum Gasteiger partial charge on any atom is 0.101 e. The number of benzene rings is 7. The zero-order valence-corrected chi connectivity index (χ0v) is 25.8. The standard InChI is InChI=1S/C44H26N4/c45-27-29-18-21-43-39(22-29)38-14-6-7-15-40(38)47(43)35-24-33(30-10-2-1-3-11-30)23-34(25-35)31-19-20-32(28-46)44(26-31)48-41-16-8-4-12-36(41)37-13-5-9-17-42(37)48/h1-26H. The molecular formula is C44H26N4. The minimum atomic E-state index is 0.611. The van der Waals surface area contributed by atoms with Crippen molar-refractivity contribution in [3.63, 3.8) is 0 Å². The Morgan fingerprint density at radius 1 is 0.375 bits per heavy atom. The first kappa shape index (κ1) is 27.4. The quantitative estimate of drug-likeness (QED) is 0.199. The third kappa shape index (κ3) is 4.22. The lowest BCUT2D eigenvalue weighted by atomic mass is 9.96. The van der Waals surface area contributed by atoms with Gasteiger partial charge in [0.2, 0.25) is 0 Å². The molecule has 0 aliphatic carbocycles. The van der Waals surface area contributed by atoms with Crippen LogP contribution in [0.2, 0.25) is 0 Å². The van der Waals surface area contributed by atoms with E-state index in [1.807, 2.05) is 36.4 Å². The molecule has 0 N–H and O–H groups in total. The summed E-state index contributed by atoms with van der Waals surface area (Å²) in [5.74, 6) is 0. The van der Waals surface area contributed by atoms with Crippen molar-refractivity contribution in [3.8, 4) is 45.8 Å². The molecule has 222 valence electrons. The number of hydrogen-bond donors (Lipinski definition) is 0. The lowest BCUT2D eigenvalue weighted by Crippen LogP contribution is -1.99. The Kier molecular flexibility index (Phi) is 6.22. The fraction of sp³-hybridized carbons (Fsp3) is 0. The summed E-state index contributed by atoms with van der Waals surface area (Å²) in [6, 6.07) is 59.1. The highest BCUT2D eigenvalue weighted by Gasteiger charge is 2.18. The molecule has 0 aliphatic rings. The third-order valence-electron chi connectivity index (χ3n) is 9.36. The first-order chi connectivity index (χ1) is 23.7. The Morgan fingerprint density at radius 2 is 0.938 bits per heavy atom. The lowest BCUT2D eigenvalue weighted by molar-refractivity contribution is 1.17. The van der Waals surface area contributed by atoms with Crippen LogP contribution in [0.1, 0.15) is 11.1 Å². The molecule has 2 heterocycles. The molecule has 7 aromatic carbocycles. The molecular weight excluding hydrogens is 585 g/mol. The van der Waals surface area contributed by atoms with Crippen LogP contribution in [0.15, 0.2) is 158 Å². The van der Waals surface area contributed by atoms with Crippen molar-refractivity contribution >= 4 is 43.6 Å². The lowest BCUT2D eigenvalue weighted by Gasteiger charge is -2.16. The molecule has 2 aromatic heterocycles. The summed E-state index contributed by atoms with van der Waals surface area (Å²) in [6.07, 6.45) is 0. The van der Waals surface area contributed by atoms with Crippen LogP contribution < -0.4 is 0 Å². The zero-order chi connectivity index (χ0) is 32.2. The highest BCUT2D eigenvalue weighted by molar-refractivity contribution is 6.10. The van der Waals surface area contributed by atoms with Crippen LogP contribution in [-0.4, -0.2) is 9.13 Å². The molecule has 0 aliphatic heterocycles. The van der Waals surface area contributed by atoms with E-state index in [0.717, 1.165) is 77.2 Å². The summed E-state index contributed by atoms with van der Waals surface area (Å²) < 4.78 is 4.51. The van der Waals surface area contributed by atoms with Crippen molar-refractivity contribution in [1.29, 1.82) is 10.5 Å². The van der Waals surface area contributed by atoms with E-state index < -0.39 is 0 Å². The fourth-order valence-electron chi connectivity index (χ4n) is 7.20. The number of fused-ring (bicyclic) bond motifs is 6.